The molecule has 0 aliphatic carbocycles. The van der Waals surface area contributed by atoms with E-state index in [9.17, 15) is 13.2 Å². The molecular formula is C23H23ClN2O3S. The summed E-state index contributed by atoms with van der Waals surface area (Å²) in [7, 11) is -3.58. The number of piperidine rings is 1. The van der Waals surface area contributed by atoms with Gasteiger partial charge in [0.15, 0.2) is 0 Å². The molecule has 3 aromatic rings. The molecule has 1 heterocycles. The molecule has 1 aliphatic heterocycles. The normalized spacial score (nSPS) is 15.9. The van der Waals surface area contributed by atoms with Crippen molar-refractivity contribution in [2.45, 2.75) is 24.3 Å². The van der Waals surface area contributed by atoms with E-state index in [1.54, 1.807) is 18.2 Å². The fraction of sp³-hybridized carbons (Fsp3) is 0.261. The molecule has 0 radical (unpaired) electrons. The molecule has 1 N–H and O–H groups in total. The van der Waals surface area contributed by atoms with Crippen molar-refractivity contribution in [2.75, 3.05) is 13.1 Å². The van der Waals surface area contributed by atoms with Gasteiger partial charge >= 0.3 is 0 Å². The lowest BCUT2D eigenvalue weighted by molar-refractivity contribution is -0.126. The van der Waals surface area contributed by atoms with Gasteiger partial charge in [-0.3, -0.25) is 4.79 Å². The third kappa shape index (κ3) is 4.36. The van der Waals surface area contributed by atoms with Crippen molar-refractivity contribution >= 4 is 38.3 Å². The Labute approximate surface area is 181 Å². The van der Waals surface area contributed by atoms with Gasteiger partial charge in [-0.2, -0.15) is 4.31 Å². The zero-order valence-corrected chi connectivity index (χ0v) is 18.0. The van der Waals surface area contributed by atoms with Crippen LogP contribution in [0, 0.1) is 5.92 Å². The summed E-state index contributed by atoms with van der Waals surface area (Å²) in [6, 6.07) is 20.3. The first-order valence-electron chi connectivity index (χ1n) is 9.95. The van der Waals surface area contributed by atoms with Gasteiger partial charge in [0.25, 0.3) is 0 Å². The van der Waals surface area contributed by atoms with Crippen LogP contribution in [0.2, 0.25) is 5.02 Å². The molecule has 0 saturated carbocycles. The molecule has 0 unspecified atom stereocenters. The van der Waals surface area contributed by atoms with Crippen molar-refractivity contribution in [3.05, 3.63) is 77.3 Å². The van der Waals surface area contributed by atoms with Gasteiger partial charge in [-0.25, -0.2) is 8.42 Å². The summed E-state index contributed by atoms with van der Waals surface area (Å²) >= 11 is 6.13. The van der Waals surface area contributed by atoms with Crippen LogP contribution >= 0.6 is 11.6 Å². The van der Waals surface area contributed by atoms with Crippen molar-refractivity contribution in [1.82, 2.24) is 9.62 Å². The Kier molecular flexibility index (Phi) is 6.09. The Balaban J connectivity index is 1.38. The molecule has 0 aromatic heterocycles. The third-order valence-electron chi connectivity index (χ3n) is 5.59. The highest BCUT2D eigenvalue weighted by Crippen LogP contribution is 2.26. The average molecular weight is 443 g/mol. The van der Waals surface area contributed by atoms with E-state index in [0.717, 1.165) is 16.3 Å². The van der Waals surface area contributed by atoms with Gasteiger partial charge in [0.05, 0.1) is 4.90 Å². The predicted molar refractivity (Wildman–Crippen MR) is 119 cm³/mol. The number of hydrogen-bond donors (Lipinski definition) is 1. The first kappa shape index (κ1) is 20.8. The first-order valence-corrected chi connectivity index (χ1v) is 11.8. The molecule has 0 atom stereocenters. The van der Waals surface area contributed by atoms with E-state index >= 15 is 0 Å². The van der Waals surface area contributed by atoms with Crippen LogP contribution in [0.1, 0.15) is 18.4 Å². The number of sulfonamides is 1. The molecule has 4 rings (SSSR count). The number of rotatable bonds is 5. The van der Waals surface area contributed by atoms with E-state index in [4.69, 9.17) is 11.6 Å². The van der Waals surface area contributed by atoms with Crippen LogP contribution in [0.25, 0.3) is 10.8 Å². The van der Waals surface area contributed by atoms with Gasteiger partial charge in [-0.15, -0.1) is 0 Å². The summed E-state index contributed by atoms with van der Waals surface area (Å²) in [5.41, 5.74) is 0.865. The van der Waals surface area contributed by atoms with Crippen LogP contribution in [0.15, 0.2) is 71.6 Å². The van der Waals surface area contributed by atoms with Gasteiger partial charge < -0.3 is 5.32 Å². The highest BCUT2D eigenvalue weighted by atomic mass is 35.5. The lowest BCUT2D eigenvalue weighted by atomic mass is 9.97. The number of nitrogens with zero attached hydrogens (tertiary/aromatic N) is 1. The molecule has 1 amide bonds. The number of amides is 1. The van der Waals surface area contributed by atoms with Crippen LogP contribution in [0.4, 0.5) is 0 Å². The molecule has 7 heteroatoms. The monoisotopic (exact) mass is 442 g/mol. The zero-order chi connectivity index (χ0) is 21.1. The van der Waals surface area contributed by atoms with Crippen LogP contribution < -0.4 is 5.32 Å². The summed E-state index contributed by atoms with van der Waals surface area (Å²) in [5.74, 6) is -0.256. The van der Waals surface area contributed by atoms with Crippen molar-refractivity contribution < 1.29 is 13.2 Å². The molecule has 30 heavy (non-hydrogen) atoms. The number of carbonyl (C=O) groups is 1. The van der Waals surface area contributed by atoms with Gasteiger partial charge in [0, 0.05) is 30.6 Å². The fourth-order valence-corrected chi connectivity index (χ4v) is 5.51. The minimum Gasteiger partial charge on any atom is -0.352 e. The minimum absolute atomic E-state index is 0.0577. The number of fused-ring (bicyclic) bond motifs is 1. The fourth-order valence-electron chi connectivity index (χ4n) is 3.80. The molecule has 3 aromatic carbocycles. The highest BCUT2D eigenvalue weighted by Gasteiger charge is 2.32. The lowest BCUT2D eigenvalue weighted by Crippen LogP contribution is -2.42. The number of nitrogens with one attached hydrogen (secondary N) is 1. The smallest absolute Gasteiger partial charge is 0.243 e. The van der Waals surface area contributed by atoms with Gasteiger partial charge in [0.2, 0.25) is 15.9 Å². The number of carbonyl (C=O) groups excluding carboxylic acids is 1. The van der Waals surface area contributed by atoms with E-state index in [1.165, 1.54) is 4.31 Å². The van der Waals surface area contributed by atoms with Crippen molar-refractivity contribution in [3.8, 4) is 0 Å². The number of hydrogen-bond acceptors (Lipinski definition) is 3. The van der Waals surface area contributed by atoms with Crippen LogP contribution in [0.5, 0.6) is 0 Å². The molecule has 0 bridgehead atoms. The molecule has 0 spiro atoms. The van der Waals surface area contributed by atoms with Gasteiger partial charge in [-0.1, -0.05) is 60.1 Å². The van der Waals surface area contributed by atoms with Gasteiger partial charge in [-0.05, 0) is 47.4 Å². The molecule has 5 nitrogen and oxygen atoms in total. The molecule has 1 fully saturated rings. The van der Waals surface area contributed by atoms with Crippen LogP contribution in [0.3, 0.4) is 0 Å². The summed E-state index contributed by atoms with van der Waals surface area (Å²) in [6.45, 7) is 1.03. The Morgan fingerprint density at radius 1 is 0.967 bits per heavy atom. The molecular weight excluding hydrogens is 420 g/mol. The second-order valence-electron chi connectivity index (χ2n) is 7.50. The van der Waals surface area contributed by atoms with E-state index in [1.807, 2.05) is 48.5 Å². The quantitative estimate of drug-likeness (QED) is 0.643. The van der Waals surface area contributed by atoms with E-state index < -0.39 is 10.0 Å². The topological polar surface area (TPSA) is 66.5 Å². The maximum atomic E-state index is 13.1. The molecule has 1 saturated heterocycles. The van der Waals surface area contributed by atoms with Gasteiger partial charge in [0.1, 0.15) is 0 Å². The zero-order valence-electron chi connectivity index (χ0n) is 16.4. The van der Waals surface area contributed by atoms with Crippen LogP contribution in [-0.4, -0.2) is 31.7 Å². The largest absolute Gasteiger partial charge is 0.352 e. The Bertz CT molecular complexity index is 1170. The second kappa shape index (κ2) is 8.76. The van der Waals surface area contributed by atoms with Crippen molar-refractivity contribution in [2.24, 2.45) is 5.92 Å². The molecule has 156 valence electrons. The third-order valence-corrected chi connectivity index (χ3v) is 7.86. The van der Waals surface area contributed by atoms with E-state index in [2.05, 4.69) is 5.32 Å². The van der Waals surface area contributed by atoms with Crippen LogP contribution in [-0.2, 0) is 21.4 Å². The Morgan fingerprint density at radius 3 is 2.37 bits per heavy atom. The summed E-state index contributed by atoms with van der Waals surface area (Å²) in [4.78, 5) is 12.8. The minimum atomic E-state index is -3.58. The van der Waals surface area contributed by atoms with E-state index in [-0.39, 0.29) is 11.8 Å². The summed E-state index contributed by atoms with van der Waals surface area (Å²) in [5, 5.41) is 5.44. The number of benzene rings is 3. The summed E-state index contributed by atoms with van der Waals surface area (Å²) in [6.07, 6.45) is 1.00. The van der Waals surface area contributed by atoms with Crippen molar-refractivity contribution in [3.63, 3.8) is 0 Å². The van der Waals surface area contributed by atoms with Crippen molar-refractivity contribution in [1.29, 1.82) is 0 Å². The SMILES string of the molecule is O=C(NCc1ccccc1Cl)C1CCN(S(=O)(=O)c2ccc3ccccc3c2)CC1. The lowest BCUT2D eigenvalue weighted by Gasteiger charge is -2.30. The Morgan fingerprint density at radius 2 is 1.63 bits per heavy atom. The maximum Gasteiger partial charge on any atom is 0.243 e. The average Bonchev–Trinajstić information content (AvgIpc) is 2.78. The highest BCUT2D eigenvalue weighted by molar-refractivity contribution is 7.89. The second-order valence-corrected chi connectivity index (χ2v) is 9.84. The maximum absolute atomic E-state index is 13.1. The standard InChI is InChI=1S/C23H23ClN2O3S/c24-22-8-4-3-7-20(22)16-25-23(27)18-11-13-26(14-12-18)30(28,29)21-10-9-17-5-1-2-6-19(17)15-21/h1-10,15,18H,11-14,16H2,(H,25,27). The number of halogens is 1. The summed E-state index contributed by atoms with van der Waals surface area (Å²) < 4.78 is 27.6. The first-order chi connectivity index (χ1) is 14.4. The Hall–Kier alpha value is -2.41. The van der Waals surface area contributed by atoms with E-state index in [0.29, 0.717) is 42.4 Å². The predicted octanol–water partition coefficient (Wildman–Crippen LogP) is 4.21. The molecule has 1 aliphatic rings.